The van der Waals surface area contributed by atoms with Crippen LogP contribution in [0.4, 0.5) is 11.4 Å². The third-order valence-electron chi connectivity index (χ3n) is 3.29. The molecule has 5 heteroatoms. The average molecular weight is 304 g/mol. The van der Waals surface area contributed by atoms with Gasteiger partial charge in [0.15, 0.2) is 0 Å². The molecule has 0 aliphatic heterocycles. The molecule has 1 aliphatic carbocycles. The van der Waals surface area contributed by atoms with E-state index in [-0.39, 0.29) is 17.7 Å². The zero-order chi connectivity index (χ0) is 15.9. The zero-order valence-electron chi connectivity index (χ0n) is 13.2. The van der Waals surface area contributed by atoms with Crippen LogP contribution in [0.3, 0.4) is 0 Å². The maximum absolute atomic E-state index is 11.8. The molecule has 2 N–H and O–H groups in total. The van der Waals surface area contributed by atoms with Crippen LogP contribution in [-0.2, 0) is 14.3 Å². The van der Waals surface area contributed by atoms with E-state index < -0.39 is 0 Å². The fourth-order valence-electron chi connectivity index (χ4n) is 1.97. The molecule has 0 bridgehead atoms. The summed E-state index contributed by atoms with van der Waals surface area (Å²) >= 11 is 0. The monoisotopic (exact) mass is 304 g/mol. The third kappa shape index (κ3) is 5.85. The molecule has 0 saturated heterocycles. The topological polar surface area (TPSA) is 67.4 Å². The lowest BCUT2D eigenvalue weighted by Gasteiger charge is -2.09. The number of hydrogen-bond donors (Lipinski definition) is 2. The van der Waals surface area contributed by atoms with Crippen LogP contribution < -0.4 is 10.6 Å². The van der Waals surface area contributed by atoms with Gasteiger partial charge in [-0.05, 0) is 37.0 Å². The van der Waals surface area contributed by atoms with E-state index in [2.05, 4.69) is 24.5 Å². The molecule has 0 heterocycles. The Bertz CT molecular complexity index is 524. The first-order valence-electron chi connectivity index (χ1n) is 7.83. The summed E-state index contributed by atoms with van der Waals surface area (Å²) in [6, 6.07) is 7.21. The van der Waals surface area contributed by atoms with Crippen molar-refractivity contribution in [2.45, 2.75) is 33.1 Å². The van der Waals surface area contributed by atoms with Crippen LogP contribution in [0.1, 0.15) is 33.1 Å². The third-order valence-corrected chi connectivity index (χ3v) is 3.29. The van der Waals surface area contributed by atoms with Crippen LogP contribution in [0.15, 0.2) is 24.3 Å². The van der Waals surface area contributed by atoms with Gasteiger partial charge in [0.05, 0.1) is 13.0 Å². The fraction of sp³-hybridized carbons (Fsp3) is 0.529. The lowest BCUT2D eigenvalue weighted by Crippen LogP contribution is -2.16. The number of anilines is 2. The minimum Gasteiger partial charge on any atom is -0.381 e. The summed E-state index contributed by atoms with van der Waals surface area (Å²) in [5, 5.41) is 5.69. The minimum absolute atomic E-state index is 0.0607. The smallest absolute Gasteiger partial charge is 0.227 e. The second-order valence-electron chi connectivity index (χ2n) is 6.11. The summed E-state index contributed by atoms with van der Waals surface area (Å²) < 4.78 is 5.40. The van der Waals surface area contributed by atoms with Crippen molar-refractivity contribution in [1.82, 2.24) is 0 Å². The van der Waals surface area contributed by atoms with E-state index in [0.717, 1.165) is 12.8 Å². The van der Waals surface area contributed by atoms with Gasteiger partial charge in [-0.2, -0.15) is 0 Å². The Morgan fingerprint density at radius 3 is 2.55 bits per heavy atom. The van der Waals surface area contributed by atoms with Crippen molar-refractivity contribution in [2.24, 2.45) is 11.8 Å². The second kappa shape index (κ2) is 7.94. The first-order chi connectivity index (χ1) is 10.5. The molecular formula is C17H24N2O3. The fourth-order valence-corrected chi connectivity index (χ4v) is 1.97. The van der Waals surface area contributed by atoms with Crippen molar-refractivity contribution in [3.05, 3.63) is 24.3 Å². The Balaban J connectivity index is 1.76. The molecule has 22 heavy (non-hydrogen) atoms. The minimum atomic E-state index is -0.0885. The van der Waals surface area contributed by atoms with Crippen LogP contribution in [0, 0.1) is 11.8 Å². The highest BCUT2D eigenvalue weighted by Gasteiger charge is 2.29. The SMILES string of the molecule is CC(C)COCCC(=O)Nc1cccc(NC(=O)C2CC2)c1. The van der Waals surface area contributed by atoms with E-state index in [4.69, 9.17) is 4.74 Å². The van der Waals surface area contributed by atoms with Crippen LogP contribution in [0.2, 0.25) is 0 Å². The summed E-state index contributed by atoms with van der Waals surface area (Å²) in [6.45, 7) is 5.22. The number of ether oxygens (including phenoxy) is 1. The van der Waals surface area contributed by atoms with Gasteiger partial charge < -0.3 is 15.4 Å². The lowest BCUT2D eigenvalue weighted by molar-refractivity contribution is -0.118. The van der Waals surface area contributed by atoms with E-state index in [0.29, 0.717) is 36.9 Å². The first kappa shape index (κ1) is 16.5. The van der Waals surface area contributed by atoms with Crippen LogP contribution >= 0.6 is 0 Å². The standard InChI is InChI=1S/C17H24N2O3/c1-12(2)11-22-9-8-16(20)18-14-4-3-5-15(10-14)19-17(21)13-6-7-13/h3-5,10,12-13H,6-9,11H2,1-2H3,(H,18,20)(H,19,21). The van der Waals surface area contributed by atoms with Crippen LogP contribution in [-0.4, -0.2) is 25.0 Å². The molecule has 0 spiro atoms. The van der Waals surface area contributed by atoms with E-state index in [1.165, 1.54) is 0 Å². The molecule has 1 aromatic rings. The van der Waals surface area contributed by atoms with Crippen molar-refractivity contribution in [3.8, 4) is 0 Å². The number of rotatable bonds is 8. The number of benzene rings is 1. The molecule has 1 saturated carbocycles. The number of nitrogens with one attached hydrogen (secondary N) is 2. The number of carbonyl (C=O) groups excluding carboxylic acids is 2. The summed E-state index contributed by atoms with van der Waals surface area (Å²) in [5.74, 6) is 0.603. The second-order valence-corrected chi connectivity index (χ2v) is 6.11. The molecule has 5 nitrogen and oxygen atoms in total. The Hall–Kier alpha value is -1.88. The van der Waals surface area contributed by atoms with Gasteiger partial charge in [0.2, 0.25) is 11.8 Å². The molecule has 0 radical (unpaired) electrons. The van der Waals surface area contributed by atoms with E-state index in [1.54, 1.807) is 12.1 Å². The van der Waals surface area contributed by atoms with Gasteiger partial charge in [0.25, 0.3) is 0 Å². The van der Waals surface area contributed by atoms with Gasteiger partial charge in [0.1, 0.15) is 0 Å². The van der Waals surface area contributed by atoms with Crippen LogP contribution in [0.5, 0.6) is 0 Å². The molecule has 0 atom stereocenters. The molecule has 1 aliphatic rings. The van der Waals surface area contributed by atoms with E-state index in [1.807, 2.05) is 12.1 Å². The molecule has 0 unspecified atom stereocenters. The maximum atomic E-state index is 11.8. The molecule has 1 fully saturated rings. The summed E-state index contributed by atoms with van der Waals surface area (Å²) in [7, 11) is 0. The molecule has 1 aromatic carbocycles. The summed E-state index contributed by atoms with van der Waals surface area (Å²) in [5.41, 5.74) is 1.40. The Kier molecular flexibility index (Phi) is 5.95. The summed E-state index contributed by atoms with van der Waals surface area (Å²) in [4.78, 5) is 23.6. The molecule has 2 amide bonds. The van der Waals surface area contributed by atoms with Gasteiger partial charge in [-0.3, -0.25) is 9.59 Å². The highest BCUT2D eigenvalue weighted by Crippen LogP contribution is 2.30. The lowest BCUT2D eigenvalue weighted by atomic mass is 10.2. The van der Waals surface area contributed by atoms with Gasteiger partial charge >= 0.3 is 0 Å². The largest absolute Gasteiger partial charge is 0.381 e. The van der Waals surface area contributed by atoms with Crippen molar-refractivity contribution in [3.63, 3.8) is 0 Å². The van der Waals surface area contributed by atoms with Crippen molar-refractivity contribution < 1.29 is 14.3 Å². The van der Waals surface area contributed by atoms with Crippen molar-refractivity contribution >= 4 is 23.2 Å². The Morgan fingerprint density at radius 1 is 1.23 bits per heavy atom. The summed E-state index contributed by atoms with van der Waals surface area (Å²) in [6.07, 6.45) is 2.27. The average Bonchev–Trinajstić information content (AvgIpc) is 3.28. The normalized spacial score (nSPS) is 14.0. The van der Waals surface area contributed by atoms with Crippen molar-refractivity contribution in [2.75, 3.05) is 23.8 Å². The maximum Gasteiger partial charge on any atom is 0.227 e. The molecule has 120 valence electrons. The van der Waals surface area contributed by atoms with Crippen molar-refractivity contribution in [1.29, 1.82) is 0 Å². The Labute approximate surface area is 131 Å². The molecular weight excluding hydrogens is 280 g/mol. The molecule has 0 aromatic heterocycles. The zero-order valence-corrected chi connectivity index (χ0v) is 13.2. The molecule has 2 rings (SSSR count). The van der Waals surface area contributed by atoms with E-state index in [9.17, 15) is 9.59 Å². The number of carbonyl (C=O) groups is 2. The van der Waals surface area contributed by atoms with E-state index >= 15 is 0 Å². The quantitative estimate of drug-likeness (QED) is 0.725. The predicted molar refractivity (Wildman–Crippen MR) is 86.7 cm³/mol. The van der Waals surface area contributed by atoms with Gasteiger partial charge in [-0.15, -0.1) is 0 Å². The first-order valence-corrected chi connectivity index (χ1v) is 7.83. The van der Waals surface area contributed by atoms with Gasteiger partial charge in [-0.25, -0.2) is 0 Å². The highest BCUT2D eigenvalue weighted by molar-refractivity contribution is 5.95. The Morgan fingerprint density at radius 2 is 1.91 bits per heavy atom. The highest BCUT2D eigenvalue weighted by atomic mass is 16.5. The van der Waals surface area contributed by atoms with Gasteiger partial charge in [-0.1, -0.05) is 19.9 Å². The van der Waals surface area contributed by atoms with Crippen LogP contribution in [0.25, 0.3) is 0 Å². The number of amides is 2. The predicted octanol–water partition coefficient (Wildman–Crippen LogP) is 3.04. The number of hydrogen-bond acceptors (Lipinski definition) is 3. The van der Waals surface area contributed by atoms with Gasteiger partial charge in [0, 0.05) is 23.9 Å².